The molecule has 0 unspecified atom stereocenters. The van der Waals surface area contributed by atoms with Gasteiger partial charge in [0.05, 0.1) is 24.3 Å². The molecular formula is C21H16ClF3N4O3. The zero-order chi connectivity index (χ0) is 32.0. The molecule has 0 saturated heterocycles. The van der Waals surface area contributed by atoms with E-state index in [1.165, 1.54) is 7.05 Å². The molecule has 0 bridgehead atoms. The Hall–Kier alpha value is -3.79. The maximum Gasteiger partial charge on any atom is 0.417 e. The molecule has 0 aliphatic rings. The van der Waals surface area contributed by atoms with Crippen molar-refractivity contribution in [2.75, 3.05) is 17.7 Å². The van der Waals surface area contributed by atoms with Crippen LogP contribution in [-0.4, -0.2) is 24.0 Å². The molecule has 0 aliphatic heterocycles. The lowest BCUT2D eigenvalue weighted by Crippen LogP contribution is -2.19. The zero-order valence-corrected chi connectivity index (χ0v) is 16.4. The number of hydrogen-bond donors (Lipinski definition) is 3. The summed E-state index contributed by atoms with van der Waals surface area (Å²) in [5, 5.41) is 4.57. The molecule has 3 N–H and O–H groups in total. The van der Waals surface area contributed by atoms with Crippen molar-refractivity contribution in [2.24, 2.45) is 0 Å². The number of halogens is 4. The van der Waals surface area contributed by atoms with Crippen LogP contribution in [0.5, 0.6) is 11.5 Å². The van der Waals surface area contributed by atoms with E-state index in [9.17, 15) is 22.8 Å². The molecule has 0 spiro atoms. The van der Waals surface area contributed by atoms with E-state index in [2.05, 4.69) is 10.3 Å². The summed E-state index contributed by atoms with van der Waals surface area (Å²) in [4.78, 5) is 28.1. The molecule has 3 rings (SSSR count). The number of nitrogens with zero attached hydrogens (tertiary/aromatic N) is 1. The Morgan fingerprint density at radius 1 is 1.00 bits per heavy atom. The van der Waals surface area contributed by atoms with Gasteiger partial charge in [-0.1, -0.05) is 11.6 Å². The molecule has 1 aromatic heterocycles. The second kappa shape index (κ2) is 9.56. The standard InChI is InChI=1S/C21H16ClF3N4O3/c1-26-19(30)18-11-15(8-9-27-18)32-14-5-2-12(3-6-14)28-20(31)29-13-4-7-17(22)16(10-13)21(23,24)25/h2-11H,1H3,(H,26,30)(H2,28,29,31)/i2D,3D,4D,5D,6D,7D,8D,9D,10D,11D. The predicted molar refractivity (Wildman–Crippen MR) is 113 cm³/mol. The summed E-state index contributed by atoms with van der Waals surface area (Å²) < 4.78 is 125. The fourth-order valence-corrected chi connectivity index (χ4v) is 2.20. The molecule has 32 heavy (non-hydrogen) atoms. The number of rotatable bonds is 5. The fourth-order valence-electron chi connectivity index (χ4n) is 2.00. The van der Waals surface area contributed by atoms with Crippen LogP contribution in [0.2, 0.25) is 5.02 Å². The average Bonchev–Trinajstić information content (AvgIpc) is 2.91. The van der Waals surface area contributed by atoms with E-state index in [-0.39, 0.29) is 0 Å². The third-order valence-electron chi connectivity index (χ3n) is 3.34. The molecule has 0 aliphatic carbocycles. The number of carbonyl (C=O) groups excluding carboxylic acids is 2. The van der Waals surface area contributed by atoms with Crippen molar-refractivity contribution >= 4 is 34.9 Å². The molecule has 166 valence electrons. The highest BCUT2D eigenvalue weighted by molar-refractivity contribution is 6.31. The maximum atomic E-state index is 13.4. The topological polar surface area (TPSA) is 92.3 Å². The molecule has 11 heteroatoms. The van der Waals surface area contributed by atoms with Crippen molar-refractivity contribution in [1.29, 1.82) is 0 Å². The highest BCUT2D eigenvalue weighted by Crippen LogP contribution is 2.36. The van der Waals surface area contributed by atoms with Gasteiger partial charge in [-0.2, -0.15) is 13.2 Å². The Morgan fingerprint density at radius 2 is 1.66 bits per heavy atom. The van der Waals surface area contributed by atoms with Crippen LogP contribution in [0.4, 0.5) is 29.3 Å². The summed E-state index contributed by atoms with van der Waals surface area (Å²) in [5.41, 5.74) is -4.33. The number of ether oxygens (including phenoxy) is 1. The molecule has 0 atom stereocenters. The van der Waals surface area contributed by atoms with Gasteiger partial charge in [0.25, 0.3) is 5.91 Å². The number of urea groups is 1. The van der Waals surface area contributed by atoms with Gasteiger partial charge in [0.2, 0.25) is 0 Å². The lowest BCUT2D eigenvalue weighted by molar-refractivity contribution is -0.137. The minimum absolute atomic E-state index is 0.632. The van der Waals surface area contributed by atoms with E-state index < -0.39 is 118 Å². The second-order valence-corrected chi connectivity index (χ2v) is 5.93. The first-order chi connectivity index (χ1) is 19.3. The average molecular weight is 475 g/mol. The number of nitrogens with one attached hydrogen (secondary N) is 3. The first kappa shape index (κ1) is 12.9. The third-order valence-corrected chi connectivity index (χ3v) is 3.63. The summed E-state index contributed by atoms with van der Waals surface area (Å²) in [6.07, 6.45) is -6.03. The smallest absolute Gasteiger partial charge is 0.417 e. The van der Waals surface area contributed by atoms with Crippen molar-refractivity contribution < 1.29 is 41.2 Å². The number of pyridine rings is 1. The Morgan fingerprint density at radius 3 is 2.31 bits per heavy atom. The quantitative estimate of drug-likeness (QED) is 0.452. The van der Waals surface area contributed by atoms with Crippen molar-refractivity contribution in [3.05, 3.63) is 76.8 Å². The van der Waals surface area contributed by atoms with Crippen molar-refractivity contribution in [3.63, 3.8) is 0 Å². The van der Waals surface area contributed by atoms with Gasteiger partial charge in [-0.25, -0.2) is 4.79 Å². The Balaban J connectivity index is 2.04. The van der Waals surface area contributed by atoms with E-state index in [4.69, 9.17) is 30.0 Å². The van der Waals surface area contributed by atoms with Crippen LogP contribution in [0, 0.1) is 0 Å². The van der Waals surface area contributed by atoms with Crippen LogP contribution >= 0.6 is 11.6 Å². The van der Waals surface area contributed by atoms with Crippen molar-refractivity contribution in [2.45, 2.75) is 6.18 Å². The van der Waals surface area contributed by atoms with Gasteiger partial charge in [0, 0.05) is 30.6 Å². The Labute approximate surface area is 199 Å². The van der Waals surface area contributed by atoms with Crippen LogP contribution < -0.4 is 20.7 Å². The largest absolute Gasteiger partial charge is 0.457 e. The number of benzene rings is 2. The zero-order valence-electron chi connectivity index (χ0n) is 25.7. The van der Waals surface area contributed by atoms with Crippen molar-refractivity contribution in [3.8, 4) is 11.5 Å². The highest BCUT2D eigenvalue weighted by Gasteiger charge is 2.33. The second-order valence-electron chi connectivity index (χ2n) is 5.55. The molecule has 0 fully saturated rings. The van der Waals surface area contributed by atoms with E-state index >= 15 is 0 Å². The van der Waals surface area contributed by atoms with Crippen molar-refractivity contribution in [1.82, 2.24) is 10.3 Å². The summed E-state index contributed by atoms with van der Waals surface area (Å²) in [7, 11) is 1.20. The van der Waals surface area contributed by atoms with Crippen LogP contribution in [0.25, 0.3) is 0 Å². The van der Waals surface area contributed by atoms with Crippen LogP contribution in [0.15, 0.2) is 60.6 Å². The molecule has 0 radical (unpaired) electrons. The van der Waals surface area contributed by atoms with E-state index in [1.807, 2.05) is 5.32 Å². The first-order valence-corrected chi connectivity index (χ1v) is 8.65. The molecule has 1 heterocycles. The Kier molecular flexibility index (Phi) is 3.86. The lowest BCUT2D eigenvalue weighted by Gasteiger charge is -2.12. The van der Waals surface area contributed by atoms with E-state index in [0.717, 1.165) is 0 Å². The van der Waals surface area contributed by atoms with Gasteiger partial charge in [-0.15, -0.1) is 0 Å². The monoisotopic (exact) mass is 474 g/mol. The number of aromatic nitrogens is 1. The molecule has 3 amide bonds. The van der Waals surface area contributed by atoms with E-state index in [1.54, 1.807) is 5.32 Å². The van der Waals surface area contributed by atoms with E-state index in [0.29, 0.717) is 0 Å². The SMILES string of the molecule is [2H]c1nc(C(=O)NC)c([2H])c(Oc2c([2H])c([2H])c(NC(=O)Nc3c([2H])c([2H])c(Cl)c(C(F)(F)F)c3[2H])c([2H])c2[2H])c1[2H]. The molecular weight excluding hydrogens is 449 g/mol. The third kappa shape index (κ3) is 5.88. The van der Waals surface area contributed by atoms with Gasteiger partial charge in [-0.3, -0.25) is 9.78 Å². The summed E-state index contributed by atoms with van der Waals surface area (Å²) in [6.45, 7) is 0. The number of alkyl halides is 3. The maximum absolute atomic E-state index is 13.4. The first-order valence-electron chi connectivity index (χ1n) is 13.3. The van der Waals surface area contributed by atoms with Crippen LogP contribution in [-0.2, 0) is 6.18 Å². The van der Waals surface area contributed by atoms with Gasteiger partial charge < -0.3 is 20.7 Å². The normalized spacial score (nSPS) is 15.3. The van der Waals surface area contributed by atoms with Gasteiger partial charge >= 0.3 is 12.2 Å². The fraction of sp³-hybridized carbons (Fsp3) is 0.0952. The minimum atomic E-state index is -5.22. The number of anilines is 2. The summed E-state index contributed by atoms with van der Waals surface area (Å²) in [6, 6.07) is -10.7. The molecule has 2 aromatic carbocycles. The predicted octanol–water partition coefficient (Wildman–Crippen LogP) is 5.55. The molecule has 0 saturated carbocycles. The van der Waals surface area contributed by atoms with Gasteiger partial charge in [-0.05, 0) is 48.3 Å². The number of carbonyl (C=O) groups is 2. The number of amides is 3. The molecule has 7 nitrogen and oxygen atoms in total. The lowest BCUT2D eigenvalue weighted by atomic mass is 10.2. The highest BCUT2D eigenvalue weighted by atomic mass is 35.5. The Bertz CT molecular complexity index is 1630. The van der Waals surface area contributed by atoms with Gasteiger partial charge in [0.1, 0.15) is 17.2 Å². The summed E-state index contributed by atoms with van der Waals surface area (Å²) >= 11 is 5.50. The minimum Gasteiger partial charge on any atom is -0.457 e. The molecule has 3 aromatic rings. The van der Waals surface area contributed by atoms with Gasteiger partial charge in [0.15, 0.2) is 0 Å². The van der Waals surface area contributed by atoms with Crippen LogP contribution in [0.3, 0.4) is 0 Å². The number of hydrogen-bond acceptors (Lipinski definition) is 4. The summed E-state index contributed by atoms with van der Waals surface area (Å²) in [5.74, 6) is -2.59. The van der Waals surface area contributed by atoms with Crippen LogP contribution in [0.1, 0.15) is 29.8 Å².